The van der Waals surface area contributed by atoms with Gasteiger partial charge in [-0.15, -0.1) is 0 Å². The molecule has 2 unspecified atom stereocenters. The SMILES string of the molecule is CC(O)CC(C)CNC(=O)NCCc1c(F)cccc1F. The van der Waals surface area contributed by atoms with Crippen molar-refractivity contribution in [3.8, 4) is 0 Å². The highest BCUT2D eigenvalue weighted by Crippen LogP contribution is 2.11. The zero-order valence-electron chi connectivity index (χ0n) is 12.3. The van der Waals surface area contributed by atoms with Crippen LogP contribution in [-0.4, -0.2) is 30.3 Å². The summed E-state index contributed by atoms with van der Waals surface area (Å²) in [4.78, 5) is 11.5. The van der Waals surface area contributed by atoms with Gasteiger partial charge in [-0.1, -0.05) is 13.0 Å². The van der Waals surface area contributed by atoms with E-state index < -0.39 is 17.7 Å². The Morgan fingerprint density at radius 3 is 2.43 bits per heavy atom. The molecule has 0 radical (unpaired) electrons. The van der Waals surface area contributed by atoms with E-state index in [0.29, 0.717) is 13.0 Å². The summed E-state index contributed by atoms with van der Waals surface area (Å²) in [6.45, 7) is 4.19. The molecule has 0 saturated carbocycles. The van der Waals surface area contributed by atoms with Crippen LogP contribution in [0.25, 0.3) is 0 Å². The van der Waals surface area contributed by atoms with Gasteiger partial charge in [-0.2, -0.15) is 0 Å². The summed E-state index contributed by atoms with van der Waals surface area (Å²) in [6, 6.07) is 3.30. The van der Waals surface area contributed by atoms with Crippen LogP contribution in [-0.2, 0) is 6.42 Å². The summed E-state index contributed by atoms with van der Waals surface area (Å²) in [5, 5.41) is 14.4. The lowest BCUT2D eigenvalue weighted by Gasteiger charge is -2.14. The number of carbonyl (C=O) groups is 1. The van der Waals surface area contributed by atoms with Gasteiger partial charge in [0.1, 0.15) is 11.6 Å². The molecule has 2 atom stereocenters. The minimum absolute atomic E-state index is 0.0275. The second-order valence-corrected chi connectivity index (χ2v) is 5.28. The van der Waals surface area contributed by atoms with Gasteiger partial charge in [-0.05, 0) is 37.8 Å². The number of aliphatic hydroxyl groups excluding tert-OH is 1. The van der Waals surface area contributed by atoms with E-state index in [1.165, 1.54) is 18.2 Å². The van der Waals surface area contributed by atoms with Crippen molar-refractivity contribution in [3.05, 3.63) is 35.4 Å². The zero-order valence-corrected chi connectivity index (χ0v) is 12.3. The lowest BCUT2D eigenvalue weighted by atomic mass is 10.1. The number of urea groups is 1. The highest BCUT2D eigenvalue weighted by molar-refractivity contribution is 5.73. The third kappa shape index (κ3) is 6.53. The smallest absolute Gasteiger partial charge is 0.314 e. The van der Waals surface area contributed by atoms with Crippen molar-refractivity contribution in [3.63, 3.8) is 0 Å². The van der Waals surface area contributed by atoms with Gasteiger partial charge in [0.25, 0.3) is 0 Å². The van der Waals surface area contributed by atoms with Gasteiger partial charge in [-0.25, -0.2) is 13.6 Å². The topological polar surface area (TPSA) is 61.4 Å². The number of halogens is 2. The van der Waals surface area contributed by atoms with Crippen molar-refractivity contribution >= 4 is 6.03 Å². The zero-order chi connectivity index (χ0) is 15.8. The Morgan fingerprint density at radius 2 is 1.86 bits per heavy atom. The number of benzene rings is 1. The Balaban J connectivity index is 2.28. The molecular weight excluding hydrogens is 278 g/mol. The van der Waals surface area contributed by atoms with Crippen molar-refractivity contribution in [2.45, 2.75) is 32.8 Å². The van der Waals surface area contributed by atoms with E-state index in [1.807, 2.05) is 6.92 Å². The molecule has 1 rings (SSSR count). The molecular formula is C15H22F2N2O2. The number of amides is 2. The van der Waals surface area contributed by atoms with Crippen molar-refractivity contribution < 1.29 is 18.7 Å². The molecule has 1 aromatic rings. The van der Waals surface area contributed by atoms with Crippen LogP contribution in [0.4, 0.5) is 13.6 Å². The summed E-state index contributed by atoms with van der Waals surface area (Å²) in [7, 11) is 0. The van der Waals surface area contributed by atoms with Gasteiger partial charge in [-0.3, -0.25) is 0 Å². The molecule has 0 aromatic heterocycles. The first-order chi connectivity index (χ1) is 9.90. The molecule has 0 aliphatic heterocycles. The summed E-state index contributed by atoms with van der Waals surface area (Å²) >= 11 is 0. The third-order valence-electron chi connectivity index (χ3n) is 3.08. The molecule has 2 amide bonds. The average molecular weight is 300 g/mol. The fraction of sp³-hybridized carbons (Fsp3) is 0.533. The van der Waals surface area contributed by atoms with Gasteiger partial charge in [0.2, 0.25) is 0 Å². The van der Waals surface area contributed by atoms with E-state index >= 15 is 0 Å². The maximum Gasteiger partial charge on any atom is 0.314 e. The molecule has 21 heavy (non-hydrogen) atoms. The van der Waals surface area contributed by atoms with Crippen LogP contribution >= 0.6 is 0 Å². The van der Waals surface area contributed by atoms with Crippen LogP contribution in [0.2, 0.25) is 0 Å². The van der Waals surface area contributed by atoms with E-state index in [0.717, 1.165) is 0 Å². The monoisotopic (exact) mass is 300 g/mol. The lowest BCUT2D eigenvalue weighted by Crippen LogP contribution is -2.39. The molecule has 0 aliphatic carbocycles. The molecule has 1 aromatic carbocycles. The maximum absolute atomic E-state index is 13.4. The Hall–Kier alpha value is -1.69. The van der Waals surface area contributed by atoms with Crippen LogP contribution in [0, 0.1) is 17.6 Å². The van der Waals surface area contributed by atoms with Crippen molar-refractivity contribution in [2.24, 2.45) is 5.92 Å². The molecule has 118 valence electrons. The fourth-order valence-electron chi connectivity index (χ4n) is 2.07. The highest BCUT2D eigenvalue weighted by atomic mass is 19.1. The van der Waals surface area contributed by atoms with Crippen molar-refractivity contribution in [1.82, 2.24) is 10.6 Å². The van der Waals surface area contributed by atoms with Crippen LogP contribution in [0.5, 0.6) is 0 Å². The predicted octanol–water partition coefficient (Wildman–Crippen LogP) is 2.21. The molecule has 0 fully saturated rings. The number of hydrogen-bond acceptors (Lipinski definition) is 2. The summed E-state index contributed by atoms with van der Waals surface area (Å²) in [5.41, 5.74) is -0.0275. The normalized spacial score (nSPS) is 13.6. The van der Waals surface area contributed by atoms with E-state index in [-0.39, 0.29) is 30.5 Å². The van der Waals surface area contributed by atoms with Crippen LogP contribution < -0.4 is 10.6 Å². The van der Waals surface area contributed by atoms with Gasteiger partial charge in [0.05, 0.1) is 6.10 Å². The summed E-state index contributed by atoms with van der Waals surface area (Å²) in [6.07, 6.45) is 0.282. The molecule has 3 N–H and O–H groups in total. The third-order valence-corrected chi connectivity index (χ3v) is 3.08. The standard InChI is InChI=1S/C15H22F2N2O2/c1-10(8-11(2)20)9-19-15(21)18-7-6-12-13(16)4-3-5-14(12)17/h3-5,10-11,20H,6-9H2,1-2H3,(H2,18,19,21). The molecule has 0 heterocycles. The van der Waals surface area contributed by atoms with Crippen molar-refractivity contribution in [1.29, 1.82) is 0 Å². The molecule has 6 heteroatoms. The fourth-order valence-corrected chi connectivity index (χ4v) is 2.07. The largest absolute Gasteiger partial charge is 0.393 e. The molecule has 0 saturated heterocycles. The van der Waals surface area contributed by atoms with E-state index in [1.54, 1.807) is 6.92 Å². The van der Waals surface area contributed by atoms with E-state index in [4.69, 9.17) is 0 Å². The Morgan fingerprint density at radius 1 is 1.24 bits per heavy atom. The summed E-state index contributed by atoms with van der Waals surface area (Å²) < 4.78 is 26.7. The van der Waals surface area contributed by atoms with Crippen LogP contribution in [0.3, 0.4) is 0 Å². The number of rotatable bonds is 7. The summed E-state index contributed by atoms with van der Waals surface area (Å²) in [5.74, 6) is -1.06. The quantitative estimate of drug-likeness (QED) is 0.723. The van der Waals surface area contributed by atoms with Crippen LogP contribution in [0.1, 0.15) is 25.8 Å². The van der Waals surface area contributed by atoms with E-state index in [9.17, 15) is 18.7 Å². The first kappa shape index (κ1) is 17.4. The number of aliphatic hydroxyl groups is 1. The lowest BCUT2D eigenvalue weighted by molar-refractivity contribution is 0.163. The first-order valence-electron chi connectivity index (χ1n) is 7.02. The van der Waals surface area contributed by atoms with Gasteiger partial charge < -0.3 is 15.7 Å². The highest BCUT2D eigenvalue weighted by Gasteiger charge is 2.10. The molecule has 4 nitrogen and oxygen atoms in total. The van der Waals surface area contributed by atoms with Crippen LogP contribution in [0.15, 0.2) is 18.2 Å². The minimum Gasteiger partial charge on any atom is -0.393 e. The molecule has 0 spiro atoms. The van der Waals surface area contributed by atoms with Crippen molar-refractivity contribution in [2.75, 3.05) is 13.1 Å². The molecule has 0 aliphatic rings. The molecule has 0 bridgehead atoms. The van der Waals surface area contributed by atoms with Gasteiger partial charge in [0, 0.05) is 18.7 Å². The second kappa shape index (κ2) is 8.56. The van der Waals surface area contributed by atoms with Gasteiger partial charge in [0.15, 0.2) is 0 Å². The average Bonchev–Trinajstić information content (AvgIpc) is 2.39. The minimum atomic E-state index is -0.609. The predicted molar refractivity (Wildman–Crippen MR) is 76.9 cm³/mol. The number of hydrogen-bond donors (Lipinski definition) is 3. The van der Waals surface area contributed by atoms with Gasteiger partial charge >= 0.3 is 6.03 Å². The number of nitrogens with one attached hydrogen (secondary N) is 2. The first-order valence-corrected chi connectivity index (χ1v) is 7.02. The maximum atomic E-state index is 13.4. The van der Waals surface area contributed by atoms with E-state index in [2.05, 4.69) is 10.6 Å². The number of carbonyl (C=O) groups excluding carboxylic acids is 1. The Labute approximate surface area is 123 Å². The Kier molecular flexibility index (Phi) is 7.08. The Bertz CT molecular complexity index is 447. The second-order valence-electron chi connectivity index (χ2n) is 5.28.